The van der Waals surface area contributed by atoms with Gasteiger partial charge in [0.1, 0.15) is 10.7 Å². The third-order valence-electron chi connectivity index (χ3n) is 4.86. The quantitative estimate of drug-likeness (QED) is 0.605. The van der Waals surface area contributed by atoms with Gasteiger partial charge < -0.3 is 0 Å². The molecule has 2 heterocycles. The number of halogens is 1. The summed E-state index contributed by atoms with van der Waals surface area (Å²) in [7, 11) is -0.272. The highest BCUT2D eigenvalue weighted by molar-refractivity contribution is 7.89. The van der Waals surface area contributed by atoms with Gasteiger partial charge >= 0.3 is 0 Å². The highest BCUT2D eigenvalue weighted by Crippen LogP contribution is 2.25. The van der Waals surface area contributed by atoms with E-state index in [0.29, 0.717) is 17.8 Å². The van der Waals surface area contributed by atoms with E-state index in [9.17, 15) is 12.8 Å². The van der Waals surface area contributed by atoms with Crippen LogP contribution in [0.3, 0.4) is 0 Å². The number of benzene rings is 1. The maximum absolute atomic E-state index is 13.5. The lowest BCUT2D eigenvalue weighted by Crippen LogP contribution is -2.34. The van der Waals surface area contributed by atoms with E-state index >= 15 is 0 Å². The number of rotatable bonds is 7. The molecule has 2 aromatic heterocycles. The van der Waals surface area contributed by atoms with Gasteiger partial charge in [0.2, 0.25) is 10.0 Å². The molecular formula is C19H24FN5O2S. The number of aromatic nitrogens is 4. The number of hydrogen-bond acceptors (Lipinski definition) is 4. The van der Waals surface area contributed by atoms with Crippen LogP contribution in [0.4, 0.5) is 4.39 Å². The van der Waals surface area contributed by atoms with Crippen LogP contribution in [0.1, 0.15) is 22.6 Å². The van der Waals surface area contributed by atoms with Crippen molar-refractivity contribution in [2.75, 3.05) is 6.54 Å². The second-order valence-electron chi connectivity index (χ2n) is 6.78. The van der Waals surface area contributed by atoms with Gasteiger partial charge in [-0.15, -0.1) is 0 Å². The molecule has 0 fully saturated rings. The molecule has 0 saturated carbocycles. The van der Waals surface area contributed by atoms with E-state index < -0.39 is 10.0 Å². The Morgan fingerprint density at radius 1 is 1.07 bits per heavy atom. The summed E-state index contributed by atoms with van der Waals surface area (Å²) in [6.45, 7) is 3.89. The number of sulfonamides is 1. The molecule has 0 spiro atoms. The van der Waals surface area contributed by atoms with E-state index in [1.54, 1.807) is 61.7 Å². The van der Waals surface area contributed by atoms with Gasteiger partial charge in [-0.3, -0.25) is 9.36 Å². The summed E-state index contributed by atoms with van der Waals surface area (Å²) in [4.78, 5) is 0.233. The fraction of sp³-hybridized carbons (Fsp3) is 0.368. The van der Waals surface area contributed by atoms with Crippen molar-refractivity contribution in [2.45, 2.75) is 31.7 Å². The van der Waals surface area contributed by atoms with E-state index in [1.165, 1.54) is 16.4 Å². The molecule has 0 radical (unpaired) electrons. The summed E-state index contributed by atoms with van der Waals surface area (Å²) < 4.78 is 44.8. The van der Waals surface area contributed by atoms with Gasteiger partial charge in [0.25, 0.3) is 0 Å². The van der Waals surface area contributed by atoms with Crippen molar-refractivity contribution in [3.63, 3.8) is 0 Å². The van der Waals surface area contributed by atoms with E-state index in [2.05, 4.69) is 10.2 Å². The minimum absolute atomic E-state index is 0.188. The molecule has 1 aromatic carbocycles. The highest BCUT2D eigenvalue weighted by atomic mass is 32.2. The summed E-state index contributed by atoms with van der Waals surface area (Å²) in [6.07, 6.45) is 2.11. The van der Waals surface area contributed by atoms with Crippen molar-refractivity contribution in [2.24, 2.45) is 14.1 Å². The van der Waals surface area contributed by atoms with Crippen LogP contribution >= 0.6 is 0 Å². The predicted octanol–water partition coefficient (Wildman–Crippen LogP) is 2.34. The van der Waals surface area contributed by atoms with Crippen LogP contribution in [0, 0.1) is 19.7 Å². The van der Waals surface area contributed by atoms with Gasteiger partial charge in [-0.2, -0.15) is 14.5 Å². The SMILES string of the molecule is Cc1nn(C)c(C)c1S(=O)(=O)N(CCc1ccc(F)cc1)Cc1ccnn1C. The van der Waals surface area contributed by atoms with Gasteiger partial charge in [0, 0.05) is 26.8 Å². The zero-order valence-electron chi connectivity index (χ0n) is 16.4. The third kappa shape index (κ3) is 4.00. The first-order valence-corrected chi connectivity index (χ1v) is 10.4. The average molecular weight is 405 g/mol. The minimum Gasteiger partial charge on any atom is -0.271 e. The number of hydrogen-bond donors (Lipinski definition) is 0. The molecule has 7 nitrogen and oxygen atoms in total. The molecular weight excluding hydrogens is 381 g/mol. The van der Waals surface area contributed by atoms with Gasteiger partial charge in [-0.1, -0.05) is 12.1 Å². The summed E-state index contributed by atoms with van der Waals surface area (Å²) in [5.74, 6) is -0.315. The molecule has 0 aliphatic heterocycles. The third-order valence-corrected chi connectivity index (χ3v) is 6.96. The lowest BCUT2D eigenvalue weighted by atomic mass is 10.1. The molecule has 0 N–H and O–H groups in total. The van der Waals surface area contributed by atoms with Crippen molar-refractivity contribution in [3.05, 3.63) is 65.0 Å². The fourth-order valence-corrected chi connectivity index (χ4v) is 4.99. The number of aryl methyl sites for hydroxylation is 3. The van der Waals surface area contributed by atoms with Gasteiger partial charge in [-0.25, -0.2) is 12.8 Å². The maximum Gasteiger partial charge on any atom is 0.247 e. The zero-order chi connectivity index (χ0) is 20.5. The second-order valence-corrected chi connectivity index (χ2v) is 8.66. The first-order chi connectivity index (χ1) is 13.2. The monoisotopic (exact) mass is 405 g/mol. The molecule has 28 heavy (non-hydrogen) atoms. The summed E-state index contributed by atoms with van der Waals surface area (Å²) in [6, 6.07) is 7.90. The van der Waals surface area contributed by atoms with Crippen LogP contribution in [0.5, 0.6) is 0 Å². The van der Waals surface area contributed by atoms with Crippen molar-refractivity contribution in [3.8, 4) is 0 Å². The Morgan fingerprint density at radius 3 is 2.29 bits per heavy atom. The average Bonchev–Trinajstić information content (AvgIpc) is 3.15. The van der Waals surface area contributed by atoms with Crippen LogP contribution in [0.25, 0.3) is 0 Å². The van der Waals surface area contributed by atoms with Crippen LogP contribution in [0.15, 0.2) is 41.4 Å². The predicted molar refractivity (Wildman–Crippen MR) is 104 cm³/mol. The highest BCUT2D eigenvalue weighted by Gasteiger charge is 2.31. The summed E-state index contributed by atoms with van der Waals surface area (Å²) >= 11 is 0. The molecule has 0 aliphatic rings. The minimum atomic E-state index is -3.78. The molecule has 0 aliphatic carbocycles. The van der Waals surface area contributed by atoms with Crippen molar-refractivity contribution >= 4 is 10.0 Å². The topological polar surface area (TPSA) is 73.0 Å². The summed E-state index contributed by atoms with van der Waals surface area (Å²) in [5.41, 5.74) is 2.71. The zero-order valence-corrected chi connectivity index (χ0v) is 17.2. The molecule has 9 heteroatoms. The first-order valence-electron chi connectivity index (χ1n) is 8.92. The lowest BCUT2D eigenvalue weighted by Gasteiger charge is -2.22. The smallest absolute Gasteiger partial charge is 0.247 e. The Morgan fingerprint density at radius 2 is 1.75 bits per heavy atom. The molecule has 0 saturated heterocycles. The van der Waals surface area contributed by atoms with E-state index in [0.717, 1.165) is 11.3 Å². The molecule has 0 unspecified atom stereocenters. The van der Waals surface area contributed by atoms with Crippen molar-refractivity contribution in [1.82, 2.24) is 23.9 Å². The summed E-state index contributed by atoms with van der Waals surface area (Å²) in [5, 5.41) is 8.38. The molecule has 0 amide bonds. The Kier molecular flexibility index (Phi) is 5.66. The van der Waals surface area contributed by atoms with Crippen LogP contribution in [-0.2, 0) is 37.1 Å². The van der Waals surface area contributed by atoms with E-state index in [4.69, 9.17) is 0 Å². The Labute approximate surface area is 164 Å². The van der Waals surface area contributed by atoms with E-state index in [1.807, 2.05) is 0 Å². The van der Waals surface area contributed by atoms with Crippen LogP contribution < -0.4 is 0 Å². The normalized spacial score (nSPS) is 12.1. The first kappa shape index (κ1) is 20.2. The van der Waals surface area contributed by atoms with Crippen LogP contribution in [0.2, 0.25) is 0 Å². The fourth-order valence-electron chi connectivity index (χ4n) is 3.18. The Hall–Kier alpha value is -2.52. The molecule has 150 valence electrons. The Balaban J connectivity index is 1.94. The Bertz CT molecular complexity index is 1070. The largest absolute Gasteiger partial charge is 0.271 e. The molecule has 3 aromatic rings. The molecule has 3 rings (SSSR count). The lowest BCUT2D eigenvalue weighted by molar-refractivity contribution is 0.397. The van der Waals surface area contributed by atoms with Gasteiger partial charge in [-0.05, 0) is 44.0 Å². The number of nitrogens with zero attached hydrogens (tertiary/aromatic N) is 5. The van der Waals surface area contributed by atoms with Crippen molar-refractivity contribution < 1.29 is 12.8 Å². The maximum atomic E-state index is 13.5. The van der Waals surface area contributed by atoms with Gasteiger partial charge in [0.15, 0.2) is 0 Å². The van der Waals surface area contributed by atoms with Crippen molar-refractivity contribution in [1.29, 1.82) is 0 Å². The standard InChI is InChI=1S/C19H24FN5O2S/c1-14-19(15(2)23(3)22-14)28(26,27)25(13-18-9-11-21-24(18)4)12-10-16-5-7-17(20)8-6-16/h5-9,11H,10,12-13H2,1-4H3. The van der Waals surface area contributed by atoms with E-state index in [-0.39, 0.29) is 23.8 Å². The van der Waals surface area contributed by atoms with Gasteiger partial charge in [0.05, 0.1) is 23.6 Å². The molecule has 0 bridgehead atoms. The second kappa shape index (κ2) is 7.84. The van der Waals surface area contributed by atoms with Crippen LogP contribution in [-0.4, -0.2) is 38.8 Å². The molecule has 0 atom stereocenters.